The zero-order chi connectivity index (χ0) is 8.20. The first kappa shape index (κ1) is 9.92. The summed E-state index contributed by atoms with van der Waals surface area (Å²) in [6, 6.07) is 0. The quantitative estimate of drug-likeness (QED) is 0.602. The van der Waals surface area contributed by atoms with E-state index in [1.165, 1.54) is 0 Å². The molecule has 0 bridgehead atoms. The Kier molecular flexibility index (Phi) is 3.91. The van der Waals surface area contributed by atoms with Gasteiger partial charge in [-0.2, -0.15) is 0 Å². The Balaban J connectivity index is 3.97. The van der Waals surface area contributed by atoms with Gasteiger partial charge in [-0.3, -0.25) is 0 Å². The minimum Gasteiger partial charge on any atom is -0.378 e. The Labute approximate surface area is 63.5 Å². The summed E-state index contributed by atoms with van der Waals surface area (Å²) in [5.74, 6) is 0. The Morgan fingerprint density at radius 1 is 1.30 bits per heavy atom. The fraction of sp³-hybridized carbons (Fsp3) is 1.00. The highest BCUT2D eigenvalue weighted by atomic mass is 16.5. The van der Waals surface area contributed by atoms with Crippen LogP contribution in [0.5, 0.6) is 0 Å². The molecule has 0 aliphatic carbocycles. The highest BCUT2D eigenvalue weighted by Gasteiger charge is 2.27. The summed E-state index contributed by atoms with van der Waals surface area (Å²) in [4.78, 5) is 0. The van der Waals surface area contributed by atoms with E-state index in [1.807, 2.05) is 13.8 Å². The summed E-state index contributed by atoms with van der Waals surface area (Å²) >= 11 is 0. The lowest BCUT2D eigenvalue weighted by Crippen LogP contribution is -2.38. The average Bonchev–Trinajstić information content (AvgIpc) is 1.90. The van der Waals surface area contributed by atoms with Crippen molar-refractivity contribution in [3.05, 3.63) is 0 Å². The molecule has 0 saturated heterocycles. The van der Waals surface area contributed by atoms with E-state index >= 15 is 0 Å². The molecule has 0 N–H and O–H groups in total. The number of hydrogen-bond acceptors (Lipinski definition) is 2. The molecule has 0 rings (SSSR count). The van der Waals surface area contributed by atoms with E-state index in [1.54, 1.807) is 14.2 Å². The molecule has 0 spiro atoms. The van der Waals surface area contributed by atoms with Gasteiger partial charge >= 0.3 is 0 Å². The van der Waals surface area contributed by atoms with E-state index in [4.69, 9.17) is 9.47 Å². The van der Waals surface area contributed by atoms with Crippen LogP contribution in [0.4, 0.5) is 0 Å². The summed E-state index contributed by atoms with van der Waals surface area (Å²) in [7, 11) is 3.43. The maximum absolute atomic E-state index is 5.26. The third-order valence-electron chi connectivity index (χ3n) is 1.96. The molecule has 0 amide bonds. The van der Waals surface area contributed by atoms with Gasteiger partial charge in [0.05, 0.1) is 11.7 Å². The normalized spacial score (nSPS) is 15.3. The van der Waals surface area contributed by atoms with Gasteiger partial charge in [-0.05, 0) is 20.3 Å². The van der Waals surface area contributed by atoms with Crippen molar-refractivity contribution >= 4 is 0 Å². The Bertz CT molecular complexity index is 85.3. The Hall–Kier alpha value is -0.0800. The lowest BCUT2D eigenvalue weighted by molar-refractivity contribution is -0.0953. The Morgan fingerprint density at radius 3 is 1.90 bits per heavy atom. The molecule has 0 aromatic heterocycles. The minimum atomic E-state index is -0.163. The zero-order valence-corrected chi connectivity index (χ0v) is 7.60. The monoisotopic (exact) mass is 146 g/mol. The number of rotatable bonds is 4. The summed E-state index contributed by atoms with van der Waals surface area (Å²) in [5, 5.41) is 0. The van der Waals surface area contributed by atoms with Crippen molar-refractivity contribution in [2.45, 2.75) is 38.9 Å². The summed E-state index contributed by atoms with van der Waals surface area (Å²) in [5.41, 5.74) is -0.163. The first-order valence-electron chi connectivity index (χ1n) is 3.66. The van der Waals surface area contributed by atoms with Crippen LogP contribution in [0.1, 0.15) is 27.2 Å². The van der Waals surface area contributed by atoms with Gasteiger partial charge in [-0.15, -0.1) is 0 Å². The lowest BCUT2D eigenvalue weighted by atomic mass is 9.99. The predicted molar refractivity (Wildman–Crippen MR) is 42.2 cm³/mol. The molecule has 10 heavy (non-hydrogen) atoms. The van der Waals surface area contributed by atoms with Gasteiger partial charge in [0, 0.05) is 14.2 Å². The number of methoxy groups -OCH3 is 2. The van der Waals surface area contributed by atoms with Crippen LogP contribution >= 0.6 is 0 Å². The van der Waals surface area contributed by atoms with Crippen LogP contribution in [-0.4, -0.2) is 25.9 Å². The summed E-state index contributed by atoms with van der Waals surface area (Å²) in [6.07, 6.45) is 1.18. The van der Waals surface area contributed by atoms with Gasteiger partial charge in [0.15, 0.2) is 0 Å². The Morgan fingerprint density at radius 2 is 1.80 bits per heavy atom. The maximum Gasteiger partial charge on any atom is 0.0882 e. The standard InChI is InChI=1S/C8H18O2/c1-6-7(9-4)8(2,3)10-5/h7H,6H2,1-5H3. The third kappa shape index (κ3) is 2.27. The fourth-order valence-electron chi connectivity index (χ4n) is 1.07. The van der Waals surface area contributed by atoms with Crippen molar-refractivity contribution in [3.63, 3.8) is 0 Å². The van der Waals surface area contributed by atoms with Gasteiger partial charge in [-0.1, -0.05) is 6.92 Å². The van der Waals surface area contributed by atoms with Gasteiger partial charge in [0.25, 0.3) is 0 Å². The van der Waals surface area contributed by atoms with Crippen LogP contribution in [0.15, 0.2) is 0 Å². The van der Waals surface area contributed by atoms with Gasteiger partial charge in [0.2, 0.25) is 0 Å². The number of hydrogen-bond donors (Lipinski definition) is 0. The highest BCUT2D eigenvalue weighted by molar-refractivity contribution is 4.78. The topological polar surface area (TPSA) is 18.5 Å². The molecule has 0 saturated carbocycles. The van der Waals surface area contributed by atoms with Gasteiger partial charge in [0.1, 0.15) is 0 Å². The van der Waals surface area contributed by atoms with E-state index < -0.39 is 0 Å². The van der Waals surface area contributed by atoms with Crippen LogP contribution in [0.2, 0.25) is 0 Å². The smallest absolute Gasteiger partial charge is 0.0882 e. The van der Waals surface area contributed by atoms with Crippen molar-refractivity contribution in [1.29, 1.82) is 0 Å². The number of ether oxygens (including phenoxy) is 2. The van der Waals surface area contributed by atoms with E-state index in [-0.39, 0.29) is 11.7 Å². The molecule has 0 aromatic rings. The molecule has 62 valence electrons. The molecule has 2 heteroatoms. The molecule has 0 radical (unpaired) electrons. The van der Waals surface area contributed by atoms with Crippen molar-refractivity contribution in [2.75, 3.05) is 14.2 Å². The second-order valence-electron chi connectivity index (χ2n) is 2.94. The van der Waals surface area contributed by atoms with E-state index in [0.29, 0.717) is 0 Å². The second-order valence-corrected chi connectivity index (χ2v) is 2.94. The van der Waals surface area contributed by atoms with Crippen LogP contribution in [0.3, 0.4) is 0 Å². The van der Waals surface area contributed by atoms with Crippen LogP contribution < -0.4 is 0 Å². The van der Waals surface area contributed by atoms with E-state index in [2.05, 4.69) is 6.92 Å². The van der Waals surface area contributed by atoms with Gasteiger partial charge in [-0.25, -0.2) is 0 Å². The van der Waals surface area contributed by atoms with E-state index in [9.17, 15) is 0 Å². The molecular formula is C8H18O2. The van der Waals surface area contributed by atoms with E-state index in [0.717, 1.165) is 6.42 Å². The third-order valence-corrected chi connectivity index (χ3v) is 1.96. The highest BCUT2D eigenvalue weighted by Crippen LogP contribution is 2.18. The molecule has 1 unspecified atom stereocenters. The molecule has 2 nitrogen and oxygen atoms in total. The second kappa shape index (κ2) is 3.94. The van der Waals surface area contributed by atoms with Crippen LogP contribution in [-0.2, 0) is 9.47 Å². The van der Waals surface area contributed by atoms with Crippen LogP contribution in [0, 0.1) is 0 Å². The molecule has 1 atom stereocenters. The van der Waals surface area contributed by atoms with Crippen molar-refractivity contribution in [1.82, 2.24) is 0 Å². The molecular weight excluding hydrogens is 128 g/mol. The first-order valence-corrected chi connectivity index (χ1v) is 3.66. The SMILES string of the molecule is CCC(OC)C(C)(C)OC. The average molecular weight is 146 g/mol. The molecule has 0 aliphatic rings. The lowest BCUT2D eigenvalue weighted by Gasteiger charge is -2.30. The zero-order valence-electron chi connectivity index (χ0n) is 7.60. The minimum absolute atomic E-state index is 0.163. The van der Waals surface area contributed by atoms with Crippen molar-refractivity contribution in [3.8, 4) is 0 Å². The molecule has 0 aliphatic heterocycles. The van der Waals surface area contributed by atoms with Gasteiger partial charge < -0.3 is 9.47 Å². The molecule has 0 aromatic carbocycles. The molecule has 0 heterocycles. The maximum atomic E-state index is 5.26. The fourth-order valence-corrected chi connectivity index (χ4v) is 1.07. The summed E-state index contributed by atoms with van der Waals surface area (Å²) < 4.78 is 10.5. The summed E-state index contributed by atoms with van der Waals surface area (Å²) in [6.45, 7) is 6.16. The van der Waals surface area contributed by atoms with Crippen molar-refractivity contribution in [2.24, 2.45) is 0 Å². The van der Waals surface area contributed by atoms with Crippen LogP contribution in [0.25, 0.3) is 0 Å². The first-order chi connectivity index (χ1) is 4.58. The largest absolute Gasteiger partial charge is 0.378 e. The van der Waals surface area contributed by atoms with Crippen molar-refractivity contribution < 1.29 is 9.47 Å². The predicted octanol–water partition coefficient (Wildman–Crippen LogP) is 1.84. The molecule has 0 fully saturated rings.